The summed E-state index contributed by atoms with van der Waals surface area (Å²) in [5.41, 5.74) is 1.59. The molecule has 0 N–H and O–H groups in total. The highest BCUT2D eigenvalue weighted by atomic mass is 32.2. The van der Waals surface area contributed by atoms with Crippen LogP contribution < -0.4 is 9.47 Å². The number of hydrogen-bond acceptors (Lipinski definition) is 6. The van der Waals surface area contributed by atoms with Gasteiger partial charge in [-0.3, -0.25) is 4.79 Å². The van der Waals surface area contributed by atoms with E-state index in [9.17, 15) is 14.0 Å². The Morgan fingerprint density at radius 2 is 1.73 bits per heavy atom. The summed E-state index contributed by atoms with van der Waals surface area (Å²) in [6, 6.07) is 12.0. The van der Waals surface area contributed by atoms with Crippen molar-refractivity contribution in [2.75, 3.05) is 19.8 Å². The Morgan fingerprint density at radius 3 is 2.33 bits per heavy atom. The first-order valence-corrected chi connectivity index (χ1v) is 9.92. The molecule has 7 heteroatoms. The predicted octanol–water partition coefficient (Wildman–Crippen LogP) is 5.29. The molecule has 30 heavy (non-hydrogen) atoms. The molecule has 2 aromatic carbocycles. The van der Waals surface area contributed by atoms with E-state index in [0.29, 0.717) is 22.6 Å². The van der Waals surface area contributed by atoms with Crippen LogP contribution in [0.15, 0.2) is 71.9 Å². The number of thioether (sulfide) groups is 1. The second-order valence-electron chi connectivity index (χ2n) is 6.41. The lowest BCUT2D eigenvalue weighted by Crippen LogP contribution is -2.12. The lowest BCUT2D eigenvalue weighted by molar-refractivity contribution is -0.139. The number of carbonyl (C=O) groups is 2. The van der Waals surface area contributed by atoms with Crippen LogP contribution in [0.3, 0.4) is 0 Å². The fourth-order valence-corrected chi connectivity index (χ4v) is 3.01. The molecule has 2 rings (SSSR count). The molecule has 0 saturated heterocycles. The van der Waals surface area contributed by atoms with Crippen molar-refractivity contribution in [2.45, 2.75) is 18.7 Å². The number of carbonyl (C=O) groups excluding carboxylic acids is 2. The summed E-state index contributed by atoms with van der Waals surface area (Å²) in [5.74, 6) is 0.0905. The lowest BCUT2D eigenvalue weighted by Gasteiger charge is -2.10. The first-order valence-electron chi connectivity index (χ1n) is 9.10. The van der Waals surface area contributed by atoms with Gasteiger partial charge in [0.15, 0.2) is 0 Å². The monoisotopic (exact) mass is 430 g/mol. The minimum Gasteiger partial charge on any atom is -0.490 e. The smallest absolute Gasteiger partial charge is 0.333 e. The van der Waals surface area contributed by atoms with Crippen molar-refractivity contribution in [2.24, 2.45) is 0 Å². The van der Waals surface area contributed by atoms with Crippen molar-refractivity contribution in [1.29, 1.82) is 0 Å². The van der Waals surface area contributed by atoms with E-state index >= 15 is 0 Å². The van der Waals surface area contributed by atoms with Gasteiger partial charge in [-0.25, -0.2) is 9.18 Å². The maximum absolute atomic E-state index is 12.7. The van der Waals surface area contributed by atoms with Crippen molar-refractivity contribution < 1.29 is 28.2 Å². The highest BCUT2D eigenvalue weighted by Crippen LogP contribution is 2.27. The molecule has 2 aromatic rings. The molecule has 0 saturated carbocycles. The zero-order valence-corrected chi connectivity index (χ0v) is 17.7. The molecule has 0 heterocycles. The first-order chi connectivity index (χ1) is 14.3. The van der Waals surface area contributed by atoms with Crippen LogP contribution in [-0.4, -0.2) is 30.9 Å². The summed E-state index contributed by atoms with van der Waals surface area (Å²) in [7, 11) is 0. The van der Waals surface area contributed by atoms with Gasteiger partial charge in [0.1, 0.15) is 37.1 Å². The van der Waals surface area contributed by atoms with Gasteiger partial charge in [0.2, 0.25) is 5.12 Å². The third kappa shape index (κ3) is 7.40. The van der Waals surface area contributed by atoms with E-state index < -0.39 is 11.8 Å². The number of hydrogen-bond donors (Lipinski definition) is 0. The fourth-order valence-electron chi connectivity index (χ4n) is 2.28. The minimum absolute atomic E-state index is 0.124. The number of halogens is 1. The van der Waals surface area contributed by atoms with Crippen LogP contribution in [0.5, 0.6) is 11.5 Å². The SMILES string of the molecule is C=C(F)COc1ccc(C(=O)Sc2ccc(OCCOC(=O)C(=C)C)cc2)cc1C. The van der Waals surface area contributed by atoms with Gasteiger partial charge in [0, 0.05) is 16.0 Å². The van der Waals surface area contributed by atoms with Gasteiger partial charge in [0.05, 0.1) is 0 Å². The standard InChI is InChI=1S/C23H23FO5S/c1-15(2)22(25)28-12-11-27-19-6-8-20(9-7-19)30-23(26)18-5-10-21(16(3)13-18)29-14-17(4)24/h5-10,13H,1,4,11-12,14H2,2-3H3. The van der Waals surface area contributed by atoms with Crippen molar-refractivity contribution in [3.05, 3.63) is 78.1 Å². The molecule has 5 nitrogen and oxygen atoms in total. The molecule has 0 radical (unpaired) electrons. The van der Waals surface area contributed by atoms with E-state index in [0.717, 1.165) is 22.2 Å². The number of aryl methyl sites for hydroxylation is 1. The Bertz CT molecular complexity index is 937. The molecular weight excluding hydrogens is 407 g/mol. The highest BCUT2D eigenvalue weighted by molar-refractivity contribution is 8.14. The van der Waals surface area contributed by atoms with Gasteiger partial charge in [0.25, 0.3) is 0 Å². The van der Waals surface area contributed by atoms with Gasteiger partial charge in [-0.1, -0.05) is 13.2 Å². The van der Waals surface area contributed by atoms with E-state index in [1.54, 1.807) is 56.3 Å². The fraction of sp³-hybridized carbons (Fsp3) is 0.217. The van der Waals surface area contributed by atoms with Crippen LogP contribution >= 0.6 is 11.8 Å². The van der Waals surface area contributed by atoms with Crippen molar-refractivity contribution in [1.82, 2.24) is 0 Å². The first kappa shape index (κ1) is 23.2. The molecule has 0 aliphatic rings. The lowest BCUT2D eigenvalue weighted by atomic mass is 10.1. The predicted molar refractivity (Wildman–Crippen MR) is 115 cm³/mol. The molecule has 0 unspecified atom stereocenters. The van der Waals surface area contributed by atoms with Gasteiger partial charge in [-0.05, 0) is 73.6 Å². The Kier molecular flexibility index (Phi) is 8.68. The quantitative estimate of drug-likeness (QED) is 0.221. The maximum Gasteiger partial charge on any atom is 0.333 e. The molecule has 0 bridgehead atoms. The highest BCUT2D eigenvalue weighted by Gasteiger charge is 2.11. The van der Waals surface area contributed by atoms with E-state index in [4.69, 9.17) is 14.2 Å². The van der Waals surface area contributed by atoms with E-state index in [1.807, 2.05) is 0 Å². The summed E-state index contributed by atoms with van der Waals surface area (Å²) in [6.07, 6.45) is 0. The van der Waals surface area contributed by atoms with Crippen LogP contribution in [0.2, 0.25) is 0 Å². The minimum atomic E-state index is -0.564. The zero-order chi connectivity index (χ0) is 22.1. The average Bonchev–Trinajstić information content (AvgIpc) is 2.71. The molecule has 0 spiro atoms. The van der Waals surface area contributed by atoms with Gasteiger partial charge in [-0.15, -0.1) is 0 Å². The second-order valence-corrected chi connectivity index (χ2v) is 7.46. The topological polar surface area (TPSA) is 61.8 Å². The largest absolute Gasteiger partial charge is 0.490 e. The number of rotatable bonds is 10. The number of esters is 1. The van der Waals surface area contributed by atoms with Crippen molar-refractivity contribution in [3.8, 4) is 11.5 Å². The van der Waals surface area contributed by atoms with Crippen LogP contribution in [0.1, 0.15) is 22.8 Å². The third-order valence-corrected chi connectivity index (χ3v) is 4.69. The Morgan fingerprint density at radius 1 is 1.03 bits per heavy atom. The molecule has 0 aromatic heterocycles. The van der Waals surface area contributed by atoms with Crippen LogP contribution in [0, 0.1) is 6.92 Å². The average molecular weight is 430 g/mol. The molecular formula is C23H23FO5S. The van der Waals surface area contributed by atoms with E-state index in [-0.39, 0.29) is 24.9 Å². The van der Waals surface area contributed by atoms with E-state index in [2.05, 4.69) is 13.2 Å². The van der Waals surface area contributed by atoms with Gasteiger partial charge >= 0.3 is 5.97 Å². The Hall–Kier alpha value is -3.06. The van der Waals surface area contributed by atoms with Gasteiger partial charge < -0.3 is 14.2 Å². The maximum atomic E-state index is 12.7. The number of benzene rings is 2. The third-order valence-electron chi connectivity index (χ3n) is 3.76. The van der Waals surface area contributed by atoms with Crippen molar-refractivity contribution >= 4 is 22.8 Å². The van der Waals surface area contributed by atoms with Crippen LogP contribution in [-0.2, 0) is 9.53 Å². The summed E-state index contributed by atoms with van der Waals surface area (Å²) in [5, 5.41) is -0.125. The molecule has 158 valence electrons. The second kappa shape index (κ2) is 11.2. The normalized spacial score (nSPS) is 10.2. The van der Waals surface area contributed by atoms with Gasteiger partial charge in [-0.2, -0.15) is 0 Å². The van der Waals surface area contributed by atoms with Crippen LogP contribution in [0.4, 0.5) is 4.39 Å². The Labute approximate surface area is 179 Å². The zero-order valence-electron chi connectivity index (χ0n) is 16.9. The summed E-state index contributed by atoms with van der Waals surface area (Å²) >= 11 is 1.09. The Balaban J connectivity index is 1.87. The molecule has 0 aliphatic carbocycles. The van der Waals surface area contributed by atoms with Crippen molar-refractivity contribution in [3.63, 3.8) is 0 Å². The molecule has 0 fully saturated rings. The summed E-state index contributed by atoms with van der Waals surface area (Å²) in [6.45, 7) is 10.1. The molecule has 0 amide bonds. The van der Waals surface area contributed by atoms with Crippen LogP contribution in [0.25, 0.3) is 0 Å². The van der Waals surface area contributed by atoms with E-state index in [1.165, 1.54) is 0 Å². The molecule has 0 aliphatic heterocycles. The molecule has 0 atom stereocenters. The number of ether oxygens (including phenoxy) is 3. The summed E-state index contributed by atoms with van der Waals surface area (Å²) < 4.78 is 28.5. The summed E-state index contributed by atoms with van der Waals surface area (Å²) in [4.78, 5) is 24.6.